The van der Waals surface area contributed by atoms with Crippen molar-refractivity contribution < 1.29 is 0 Å². The third kappa shape index (κ3) is 2.45. The van der Waals surface area contributed by atoms with Crippen LogP contribution in [0, 0.1) is 0 Å². The lowest BCUT2D eigenvalue weighted by Crippen LogP contribution is -2.17. The molecule has 106 valence electrons. The van der Waals surface area contributed by atoms with Crippen LogP contribution in [0.15, 0.2) is 53.3 Å². The third-order valence-electron chi connectivity index (χ3n) is 3.43. The Morgan fingerprint density at radius 1 is 1.10 bits per heavy atom. The average Bonchev–Trinajstić information content (AvgIpc) is 2.46. The van der Waals surface area contributed by atoms with Crippen molar-refractivity contribution in [2.24, 2.45) is 0 Å². The van der Waals surface area contributed by atoms with Crippen molar-refractivity contribution >= 4 is 22.5 Å². The molecular weight excluding hydrogens is 284 g/mol. The lowest BCUT2D eigenvalue weighted by Gasteiger charge is -2.19. The number of aromatic nitrogens is 2. The summed E-state index contributed by atoms with van der Waals surface area (Å²) in [5.41, 5.74) is 1.53. The molecule has 3 aromatic rings. The van der Waals surface area contributed by atoms with Gasteiger partial charge in [0.15, 0.2) is 0 Å². The largest absolute Gasteiger partial charge is 0.322 e. The van der Waals surface area contributed by atoms with Gasteiger partial charge in [0.05, 0.1) is 10.9 Å². The number of nitrogens with zero attached hydrogens (tertiary/aromatic N) is 2. The lowest BCUT2D eigenvalue weighted by atomic mass is 10.1. The molecule has 3 nitrogen and oxygen atoms in total. The summed E-state index contributed by atoms with van der Waals surface area (Å²) in [7, 11) is 0. The molecule has 0 bridgehead atoms. The molecule has 4 heteroatoms. The van der Waals surface area contributed by atoms with Crippen LogP contribution in [0.3, 0.4) is 0 Å². The summed E-state index contributed by atoms with van der Waals surface area (Å²) in [4.78, 5) is 16.6. The zero-order valence-electron chi connectivity index (χ0n) is 11.9. The third-order valence-corrected chi connectivity index (χ3v) is 3.66. The van der Waals surface area contributed by atoms with Gasteiger partial charge in [-0.1, -0.05) is 35.9 Å². The van der Waals surface area contributed by atoms with E-state index in [1.165, 1.54) is 0 Å². The Balaban J connectivity index is 2.42. The van der Waals surface area contributed by atoms with E-state index in [1.54, 1.807) is 0 Å². The van der Waals surface area contributed by atoms with Crippen LogP contribution < -0.4 is 5.56 Å². The Hall–Kier alpha value is -2.13. The van der Waals surface area contributed by atoms with Crippen molar-refractivity contribution in [1.29, 1.82) is 0 Å². The molecule has 0 aliphatic heterocycles. The summed E-state index contributed by atoms with van der Waals surface area (Å²) in [5.74, 6) is 0.649. The molecule has 0 saturated carbocycles. The summed E-state index contributed by atoms with van der Waals surface area (Å²) in [6.45, 7) is 4.15. The first kappa shape index (κ1) is 13.8. The van der Waals surface area contributed by atoms with Crippen molar-refractivity contribution in [2.45, 2.75) is 19.9 Å². The smallest absolute Gasteiger partial charge is 0.281 e. The Morgan fingerprint density at radius 3 is 2.57 bits per heavy atom. The van der Waals surface area contributed by atoms with E-state index >= 15 is 0 Å². The zero-order chi connectivity index (χ0) is 15.0. The number of hydrogen-bond donors (Lipinski definition) is 0. The first-order valence-corrected chi connectivity index (χ1v) is 7.23. The lowest BCUT2D eigenvalue weighted by molar-refractivity contribution is 0.614. The summed E-state index contributed by atoms with van der Waals surface area (Å²) in [6, 6.07) is 15.2. The van der Waals surface area contributed by atoms with Crippen molar-refractivity contribution in [1.82, 2.24) is 9.55 Å². The van der Waals surface area contributed by atoms with E-state index in [0.29, 0.717) is 16.2 Å². The second-order valence-electron chi connectivity index (χ2n) is 5.23. The van der Waals surface area contributed by atoms with Gasteiger partial charge in [0.1, 0.15) is 5.82 Å². The molecule has 21 heavy (non-hydrogen) atoms. The van der Waals surface area contributed by atoms with E-state index in [4.69, 9.17) is 11.6 Å². The minimum atomic E-state index is -0.211. The molecular formula is C17H15ClN2O. The molecule has 0 aliphatic carbocycles. The van der Waals surface area contributed by atoms with E-state index in [-0.39, 0.29) is 11.6 Å². The fourth-order valence-electron chi connectivity index (χ4n) is 2.54. The second-order valence-corrected chi connectivity index (χ2v) is 5.67. The topological polar surface area (TPSA) is 34.9 Å². The Bertz CT molecular complexity index is 868. The van der Waals surface area contributed by atoms with E-state index in [9.17, 15) is 4.79 Å². The van der Waals surface area contributed by atoms with Gasteiger partial charge in [-0.2, -0.15) is 4.98 Å². The molecule has 0 fully saturated rings. The van der Waals surface area contributed by atoms with Gasteiger partial charge in [-0.15, -0.1) is 0 Å². The van der Waals surface area contributed by atoms with Crippen LogP contribution in [-0.2, 0) is 0 Å². The molecule has 3 rings (SSSR count). The van der Waals surface area contributed by atoms with Gasteiger partial charge in [-0.25, -0.2) is 0 Å². The van der Waals surface area contributed by atoms with Crippen LogP contribution in [0.2, 0.25) is 5.02 Å². The number of hydrogen-bond acceptors (Lipinski definition) is 2. The summed E-state index contributed by atoms with van der Waals surface area (Å²) in [5, 5.41) is 1.27. The summed E-state index contributed by atoms with van der Waals surface area (Å²) < 4.78 is 2.07. The molecule has 0 saturated heterocycles. The quantitative estimate of drug-likeness (QED) is 0.707. The fourth-order valence-corrected chi connectivity index (χ4v) is 2.73. The molecule has 1 aromatic heterocycles. The maximum Gasteiger partial charge on any atom is 0.281 e. The van der Waals surface area contributed by atoms with Gasteiger partial charge in [0.25, 0.3) is 5.56 Å². The first-order valence-electron chi connectivity index (χ1n) is 6.85. The molecule has 2 aromatic carbocycles. The number of para-hydroxylation sites is 1. The van der Waals surface area contributed by atoms with E-state index in [1.807, 2.05) is 48.5 Å². The van der Waals surface area contributed by atoms with E-state index in [2.05, 4.69) is 23.4 Å². The Morgan fingerprint density at radius 2 is 1.86 bits per heavy atom. The van der Waals surface area contributed by atoms with Crippen LogP contribution in [0.1, 0.15) is 19.9 Å². The highest BCUT2D eigenvalue weighted by molar-refractivity contribution is 6.30. The normalized spacial score (nSPS) is 11.2. The Kier molecular flexibility index (Phi) is 3.52. The first-order chi connectivity index (χ1) is 10.1. The van der Waals surface area contributed by atoms with Gasteiger partial charge in [0, 0.05) is 16.6 Å². The van der Waals surface area contributed by atoms with E-state index < -0.39 is 0 Å². The average molecular weight is 299 g/mol. The van der Waals surface area contributed by atoms with Gasteiger partial charge in [-0.05, 0) is 38.1 Å². The number of fused-ring (bicyclic) bond motifs is 1. The highest BCUT2D eigenvalue weighted by Crippen LogP contribution is 2.26. The van der Waals surface area contributed by atoms with Crippen LogP contribution in [0.4, 0.5) is 0 Å². The maximum atomic E-state index is 12.3. The zero-order valence-corrected chi connectivity index (χ0v) is 12.6. The van der Waals surface area contributed by atoms with Crippen LogP contribution in [0.25, 0.3) is 22.3 Å². The second kappa shape index (κ2) is 5.34. The van der Waals surface area contributed by atoms with Gasteiger partial charge < -0.3 is 4.57 Å². The molecule has 0 aliphatic rings. The van der Waals surface area contributed by atoms with Crippen molar-refractivity contribution in [3.05, 3.63) is 63.9 Å². The van der Waals surface area contributed by atoms with Gasteiger partial charge >= 0.3 is 0 Å². The molecule has 0 N–H and O–H groups in total. The fraction of sp³-hybridized carbons (Fsp3) is 0.176. The summed E-state index contributed by atoms with van der Waals surface area (Å²) in [6.07, 6.45) is 0. The van der Waals surface area contributed by atoms with Crippen LogP contribution in [0.5, 0.6) is 0 Å². The van der Waals surface area contributed by atoms with Crippen molar-refractivity contribution in [2.75, 3.05) is 0 Å². The van der Waals surface area contributed by atoms with Crippen LogP contribution >= 0.6 is 11.6 Å². The number of halogens is 1. The maximum absolute atomic E-state index is 12.3. The SMILES string of the molecule is CC(C)n1c(-c2cccc(Cl)c2)nc(=O)c2ccccc21. The number of benzene rings is 2. The minimum absolute atomic E-state index is 0.178. The molecule has 0 atom stereocenters. The standard InChI is InChI=1S/C17H15ClN2O/c1-11(2)20-15-9-4-3-8-14(15)17(21)19-16(20)12-6-5-7-13(18)10-12/h3-11H,1-2H3. The molecule has 1 heterocycles. The predicted molar refractivity (Wildman–Crippen MR) is 86.8 cm³/mol. The van der Waals surface area contributed by atoms with Crippen molar-refractivity contribution in [3.63, 3.8) is 0 Å². The molecule has 0 spiro atoms. The highest BCUT2D eigenvalue weighted by Gasteiger charge is 2.14. The van der Waals surface area contributed by atoms with Gasteiger partial charge in [0.2, 0.25) is 0 Å². The summed E-state index contributed by atoms with van der Waals surface area (Å²) >= 11 is 6.07. The van der Waals surface area contributed by atoms with Gasteiger partial charge in [-0.3, -0.25) is 4.79 Å². The minimum Gasteiger partial charge on any atom is -0.322 e. The molecule has 0 radical (unpaired) electrons. The monoisotopic (exact) mass is 298 g/mol. The van der Waals surface area contributed by atoms with Crippen molar-refractivity contribution in [3.8, 4) is 11.4 Å². The predicted octanol–water partition coefficient (Wildman–Crippen LogP) is 4.30. The molecule has 0 amide bonds. The van der Waals surface area contributed by atoms with Crippen LogP contribution in [-0.4, -0.2) is 9.55 Å². The van der Waals surface area contributed by atoms with E-state index in [0.717, 1.165) is 11.1 Å². The Labute approximate surface area is 127 Å². The number of rotatable bonds is 2. The highest BCUT2D eigenvalue weighted by atomic mass is 35.5. The molecule has 0 unspecified atom stereocenters.